The van der Waals surface area contributed by atoms with Gasteiger partial charge in [-0.25, -0.2) is 0 Å². The first-order valence-electron chi connectivity index (χ1n) is 19.8. The maximum atomic E-state index is 6.19. The van der Waals surface area contributed by atoms with Crippen molar-refractivity contribution in [3.63, 3.8) is 0 Å². The number of hydrogen-bond acceptors (Lipinski definition) is 2. The number of furan rings is 1. The lowest BCUT2D eigenvalue weighted by molar-refractivity contribution is 0.660. The van der Waals surface area contributed by atoms with E-state index in [1.165, 1.54) is 71.8 Å². The van der Waals surface area contributed by atoms with Crippen LogP contribution >= 0.6 is 0 Å². The molecule has 1 heterocycles. The molecule has 56 heavy (non-hydrogen) atoms. The summed E-state index contributed by atoms with van der Waals surface area (Å²) in [5.41, 5.74) is 18.3. The van der Waals surface area contributed by atoms with Crippen LogP contribution < -0.4 is 4.90 Å². The van der Waals surface area contributed by atoms with Gasteiger partial charge in [0.1, 0.15) is 11.2 Å². The van der Waals surface area contributed by atoms with Gasteiger partial charge in [-0.15, -0.1) is 0 Å². The second-order valence-electron chi connectivity index (χ2n) is 16.2. The highest BCUT2D eigenvalue weighted by molar-refractivity contribution is 6.19. The molecule has 2 nitrogen and oxygen atoms in total. The third-order valence-corrected chi connectivity index (χ3v) is 12.4. The van der Waals surface area contributed by atoms with E-state index in [0.717, 1.165) is 40.0 Å². The molecule has 268 valence electrons. The zero-order valence-corrected chi connectivity index (χ0v) is 31.9. The number of allylic oxidation sites excluding steroid dienone is 1. The number of nitrogens with zero attached hydrogens (tertiary/aromatic N) is 1. The van der Waals surface area contributed by atoms with Crippen LogP contribution in [0.5, 0.6) is 0 Å². The fourth-order valence-corrected chi connectivity index (χ4v) is 9.54. The Morgan fingerprint density at radius 1 is 0.536 bits per heavy atom. The van der Waals surface area contributed by atoms with E-state index in [0.29, 0.717) is 5.92 Å². The first kappa shape index (κ1) is 32.8. The molecule has 0 amide bonds. The quantitative estimate of drug-likeness (QED) is 0.176. The molecule has 1 atom stereocenters. The highest BCUT2D eigenvalue weighted by atomic mass is 16.3. The molecule has 1 unspecified atom stereocenters. The summed E-state index contributed by atoms with van der Waals surface area (Å²) in [4.78, 5) is 2.44. The predicted octanol–water partition coefficient (Wildman–Crippen LogP) is 15.1. The lowest BCUT2D eigenvalue weighted by atomic mass is 9.82. The number of rotatable bonds is 5. The summed E-state index contributed by atoms with van der Waals surface area (Å²) >= 11 is 0. The highest BCUT2D eigenvalue weighted by Crippen LogP contribution is 2.51. The van der Waals surface area contributed by atoms with Crippen molar-refractivity contribution in [1.29, 1.82) is 0 Å². The average molecular weight is 720 g/mol. The number of para-hydroxylation sites is 1. The largest absolute Gasteiger partial charge is 0.456 e. The highest BCUT2D eigenvalue weighted by Gasteiger charge is 2.35. The van der Waals surface area contributed by atoms with Crippen LogP contribution in [0.25, 0.3) is 72.2 Å². The Hall–Kier alpha value is -6.64. The maximum Gasteiger partial charge on any atom is 0.136 e. The van der Waals surface area contributed by atoms with Gasteiger partial charge in [-0.3, -0.25) is 0 Å². The molecule has 2 heteroatoms. The maximum absolute atomic E-state index is 6.19. The van der Waals surface area contributed by atoms with Crippen LogP contribution in [0.2, 0.25) is 0 Å². The summed E-state index contributed by atoms with van der Waals surface area (Å²) in [6, 6.07) is 60.3. The summed E-state index contributed by atoms with van der Waals surface area (Å²) in [6.07, 6.45) is 5.68. The fraction of sp³-hybridized carbons (Fsp3) is 0.111. The van der Waals surface area contributed by atoms with Crippen LogP contribution in [0.1, 0.15) is 43.0 Å². The van der Waals surface area contributed by atoms with Gasteiger partial charge in [0.15, 0.2) is 0 Å². The van der Waals surface area contributed by atoms with Gasteiger partial charge in [0, 0.05) is 33.2 Å². The van der Waals surface area contributed by atoms with Gasteiger partial charge in [0.2, 0.25) is 0 Å². The fourth-order valence-electron chi connectivity index (χ4n) is 9.54. The van der Waals surface area contributed by atoms with Crippen LogP contribution in [-0.4, -0.2) is 0 Å². The van der Waals surface area contributed by atoms with Crippen LogP contribution in [-0.2, 0) is 11.8 Å². The Labute approximate surface area is 328 Å². The number of anilines is 3. The molecule has 0 fully saturated rings. The number of benzene rings is 8. The molecule has 0 saturated carbocycles. The monoisotopic (exact) mass is 719 g/mol. The molecule has 2 aliphatic carbocycles. The minimum atomic E-state index is -0.100. The van der Waals surface area contributed by atoms with Crippen LogP contribution in [0.3, 0.4) is 0 Å². The Bertz CT molecular complexity index is 3050. The molecule has 0 aliphatic heterocycles. The van der Waals surface area contributed by atoms with Gasteiger partial charge in [-0.05, 0) is 133 Å². The van der Waals surface area contributed by atoms with Gasteiger partial charge in [0.25, 0.3) is 0 Å². The zero-order valence-electron chi connectivity index (χ0n) is 31.9. The lowest BCUT2D eigenvalue weighted by Crippen LogP contribution is -2.16. The smallest absolute Gasteiger partial charge is 0.136 e. The van der Waals surface area contributed by atoms with Crippen molar-refractivity contribution in [2.45, 2.75) is 32.6 Å². The number of hydrogen-bond donors (Lipinski definition) is 0. The third-order valence-electron chi connectivity index (χ3n) is 12.4. The van der Waals surface area contributed by atoms with Crippen molar-refractivity contribution < 1.29 is 4.42 Å². The third kappa shape index (κ3) is 5.09. The molecular weight excluding hydrogens is 679 g/mol. The van der Waals surface area contributed by atoms with Crippen molar-refractivity contribution in [2.75, 3.05) is 4.90 Å². The summed E-state index contributed by atoms with van der Waals surface area (Å²) in [7, 11) is 0. The Kier molecular flexibility index (Phi) is 7.28. The minimum absolute atomic E-state index is 0.100. The average Bonchev–Trinajstić information content (AvgIpc) is 3.73. The Balaban J connectivity index is 1.03. The van der Waals surface area contributed by atoms with Crippen LogP contribution in [0.4, 0.5) is 17.1 Å². The van der Waals surface area contributed by atoms with Crippen molar-refractivity contribution in [2.24, 2.45) is 5.92 Å². The van der Waals surface area contributed by atoms with Crippen molar-refractivity contribution in [1.82, 2.24) is 0 Å². The van der Waals surface area contributed by atoms with E-state index in [1.54, 1.807) is 0 Å². The second-order valence-corrected chi connectivity index (χ2v) is 16.2. The van der Waals surface area contributed by atoms with Crippen LogP contribution in [0.15, 0.2) is 174 Å². The summed E-state index contributed by atoms with van der Waals surface area (Å²) in [5.74, 6) is 0.523. The molecule has 2 aliphatic rings. The Morgan fingerprint density at radius 3 is 2.20 bits per heavy atom. The van der Waals surface area contributed by atoms with Crippen molar-refractivity contribution in [3.05, 3.63) is 192 Å². The van der Waals surface area contributed by atoms with Crippen LogP contribution in [0, 0.1) is 5.92 Å². The molecule has 0 spiro atoms. The molecule has 0 radical (unpaired) electrons. The van der Waals surface area contributed by atoms with E-state index in [1.807, 2.05) is 12.1 Å². The zero-order chi connectivity index (χ0) is 37.5. The SMILES string of the molecule is CC1C=Cc2cccc(-c3cccc(N(c4ccc(-c5ccc6c(ccc7oc8ccccc8c76)c5)cc4)c4ccc5c(c4)C(C)(C)c4ccccc4-5)c3)c2C1. The first-order valence-corrected chi connectivity index (χ1v) is 19.8. The van der Waals surface area contributed by atoms with E-state index in [9.17, 15) is 0 Å². The topological polar surface area (TPSA) is 16.4 Å². The van der Waals surface area contributed by atoms with E-state index >= 15 is 0 Å². The molecule has 9 aromatic rings. The van der Waals surface area contributed by atoms with Gasteiger partial charge in [-0.1, -0.05) is 142 Å². The molecule has 1 aromatic heterocycles. The number of fused-ring (bicyclic) bond motifs is 9. The summed E-state index contributed by atoms with van der Waals surface area (Å²) in [6.45, 7) is 7.03. The van der Waals surface area contributed by atoms with Gasteiger partial charge in [-0.2, -0.15) is 0 Å². The Morgan fingerprint density at radius 2 is 1.29 bits per heavy atom. The molecule has 0 N–H and O–H groups in total. The normalized spacial score (nSPS) is 15.2. The molecule has 0 bridgehead atoms. The van der Waals surface area contributed by atoms with Gasteiger partial charge >= 0.3 is 0 Å². The van der Waals surface area contributed by atoms with E-state index in [2.05, 4.69) is 189 Å². The second kappa shape index (κ2) is 12.4. The van der Waals surface area contributed by atoms with E-state index in [4.69, 9.17) is 4.42 Å². The summed E-state index contributed by atoms with van der Waals surface area (Å²) < 4.78 is 6.19. The van der Waals surface area contributed by atoms with Gasteiger partial charge < -0.3 is 9.32 Å². The predicted molar refractivity (Wildman–Crippen MR) is 236 cm³/mol. The van der Waals surface area contributed by atoms with E-state index in [-0.39, 0.29) is 5.41 Å². The van der Waals surface area contributed by atoms with E-state index < -0.39 is 0 Å². The summed E-state index contributed by atoms with van der Waals surface area (Å²) in [5, 5.41) is 4.76. The molecule has 8 aromatic carbocycles. The molecular formula is C54H41NO. The van der Waals surface area contributed by atoms with Crippen molar-refractivity contribution >= 4 is 55.8 Å². The van der Waals surface area contributed by atoms with Crippen molar-refractivity contribution in [3.8, 4) is 33.4 Å². The lowest BCUT2D eigenvalue weighted by Gasteiger charge is -2.29. The molecule has 0 saturated heterocycles. The standard InChI is InChI=1S/C54H41NO/c1-34-18-19-36-10-9-15-43(48(36)30-34)38-11-8-12-41(32-38)55(42-26-28-46-45-13-4-6-16-49(45)54(2,3)50(46)33-42)40-24-20-35(21-25-40)37-22-27-44-39(31-37)23-29-52-53(44)47-14-5-7-17-51(47)56-52/h4-29,31-34H,30H2,1-3H3. The first-order chi connectivity index (χ1) is 27.4. The molecule has 11 rings (SSSR count). The van der Waals surface area contributed by atoms with Gasteiger partial charge in [0.05, 0.1) is 0 Å². The minimum Gasteiger partial charge on any atom is -0.456 e.